The van der Waals surface area contributed by atoms with E-state index >= 15 is 0 Å². The monoisotopic (exact) mass is 481 g/mol. The molecule has 2 aromatic carbocycles. The minimum absolute atomic E-state index is 0.225. The third kappa shape index (κ3) is 7.06. The number of aliphatic hydroxyl groups excluding tert-OH is 1. The van der Waals surface area contributed by atoms with Crippen LogP contribution in [0.25, 0.3) is 11.4 Å². The van der Waals surface area contributed by atoms with Gasteiger partial charge in [0, 0.05) is 30.9 Å². The lowest BCUT2D eigenvalue weighted by Crippen LogP contribution is -2.48. The number of hydrogen-bond acceptors (Lipinski definition) is 6. The van der Waals surface area contributed by atoms with E-state index in [0.717, 1.165) is 43.4 Å². The Bertz CT molecular complexity index is 1120. The van der Waals surface area contributed by atoms with Crippen molar-refractivity contribution in [2.45, 2.75) is 50.8 Å². The summed E-state index contributed by atoms with van der Waals surface area (Å²) in [6.45, 7) is 3.14. The number of urea groups is 1. The van der Waals surface area contributed by atoms with Gasteiger partial charge in [-0.25, -0.2) is 13.9 Å². The summed E-state index contributed by atoms with van der Waals surface area (Å²) in [6.07, 6.45) is 3.34. The Balaban J connectivity index is 1.25. The van der Waals surface area contributed by atoms with Crippen molar-refractivity contribution in [3.63, 3.8) is 0 Å². The molecule has 186 valence electrons. The first-order chi connectivity index (χ1) is 16.9. The topological polar surface area (TPSA) is 108 Å². The fraction of sp³-hybridized carbons (Fsp3) is 0.440. The van der Waals surface area contributed by atoms with Crippen molar-refractivity contribution in [3.8, 4) is 11.4 Å². The number of hydrogen-bond donors (Lipinski definition) is 3. The molecular weight excluding hydrogens is 449 g/mol. The van der Waals surface area contributed by atoms with E-state index in [2.05, 4.69) is 31.1 Å². The molecule has 2 atom stereocenters. The Labute approximate surface area is 204 Å². The zero-order valence-corrected chi connectivity index (χ0v) is 20.1. The van der Waals surface area contributed by atoms with E-state index in [1.54, 1.807) is 30.8 Å². The average molecular weight is 482 g/mol. The number of halogens is 1. The van der Waals surface area contributed by atoms with Gasteiger partial charge in [0.15, 0.2) is 5.82 Å². The molecule has 1 aliphatic carbocycles. The van der Waals surface area contributed by atoms with Crippen LogP contribution in [0.2, 0.25) is 0 Å². The molecule has 0 bridgehead atoms. The maximum Gasteiger partial charge on any atom is 0.319 e. The molecule has 2 amide bonds. The summed E-state index contributed by atoms with van der Waals surface area (Å²) >= 11 is 0. The van der Waals surface area contributed by atoms with Gasteiger partial charge in [-0.3, -0.25) is 4.90 Å². The van der Waals surface area contributed by atoms with E-state index < -0.39 is 12.1 Å². The summed E-state index contributed by atoms with van der Waals surface area (Å²) in [5.41, 5.74) is 2.49. The lowest BCUT2D eigenvalue weighted by atomic mass is 10.1. The van der Waals surface area contributed by atoms with E-state index in [1.165, 1.54) is 12.1 Å². The SMILES string of the molecule is C[C@@H](NC(=O)Nc1cccc(-c2nnnn2C)c1)[C@@H](O)CN(CCCc1ccc(F)cc1)C1CC1. The van der Waals surface area contributed by atoms with Gasteiger partial charge in [0.1, 0.15) is 5.82 Å². The number of aliphatic hydroxyl groups is 1. The molecule has 1 saturated carbocycles. The second kappa shape index (κ2) is 11.4. The van der Waals surface area contributed by atoms with Gasteiger partial charge in [0.05, 0.1) is 12.1 Å². The summed E-state index contributed by atoms with van der Waals surface area (Å²) in [4.78, 5) is 14.9. The quantitative estimate of drug-likeness (QED) is 0.389. The third-order valence-corrected chi connectivity index (χ3v) is 6.24. The number of tetrazole rings is 1. The van der Waals surface area contributed by atoms with E-state index in [0.29, 0.717) is 24.1 Å². The van der Waals surface area contributed by atoms with Crippen LogP contribution in [0.3, 0.4) is 0 Å². The normalized spacial score (nSPS) is 15.1. The van der Waals surface area contributed by atoms with Crippen LogP contribution in [-0.4, -0.2) is 67.5 Å². The Kier molecular flexibility index (Phi) is 8.04. The fourth-order valence-electron chi connectivity index (χ4n) is 4.08. The fourth-order valence-corrected chi connectivity index (χ4v) is 4.08. The molecular formula is C25H32FN7O2. The zero-order valence-electron chi connectivity index (χ0n) is 20.1. The van der Waals surface area contributed by atoms with Gasteiger partial charge in [0.25, 0.3) is 0 Å². The first-order valence-corrected chi connectivity index (χ1v) is 12.0. The molecule has 3 aromatic rings. The zero-order chi connectivity index (χ0) is 24.8. The Morgan fingerprint density at radius 2 is 2.03 bits per heavy atom. The minimum atomic E-state index is -0.705. The third-order valence-electron chi connectivity index (χ3n) is 6.24. The number of carbonyl (C=O) groups excluding carboxylic acids is 1. The van der Waals surface area contributed by atoms with E-state index in [9.17, 15) is 14.3 Å². The smallest absolute Gasteiger partial charge is 0.319 e. The highest BCUT2D eigenvalue weighted by Gasteiger charge is 2.31. The standard InChI is InChI=1S/C25H32FN7O2/c1-17(27-25(35)28-21-7-3-6-19(15-21)24-29-30-31-32(24)2)23(34)16-33(22-12-13-22)14-4-5-18-8-10-20(26)11-9-18/h3,6-11,15,17,22-23,34H,4-5,12-14,16H2,1-2H3,(H2,27,28,35)/t17-,23+/m1/s1. The number of aromatic nitrogens is 4. The minimum Gasteiger partial charge on any atom is -0.390 e. The van der Waals surface area contributed by atoms with E-state index in [4.69, 9.17) is 0 Å². The van der Waals surface area contributed by atoms with Crippen LogP contribution in [0.4, 0.5) is 14.9 Å². The largest absolute Gasteiger partial charge is 0.390 e. The van der Waals surface area contributed by atoms with Gasteiger partial charge in [-0.1, -0.05) is 24.3 Å². The van der Waals surface area contributed by atoms with Gasteiger partial charge >= 0.3 is 6.03 Å². The Hall–Kier alpha value is -3.37. The summed E-state index contributed by atoms with van der Waals surface area (Å²) < 4.78 is 14.7. The van der Waals surface area contributed by atoms with Gasteiger partial charge in [-0.2, -0.15) is 0 Å². The molecule has 3 N–H and O–H groups in total. The number of rotatable bonds is 11. The van der Waals surface area contributed by atoms with Crippen molar-refractivity contribution in [1.82, 2.24) is 30.4 Å². The van der Waals surface area contributed by atoms with Crippen LogP contribution >= 0.6 is 0 Å². The molecule has 0 radical (unpaired) electrons. The number of nitrogens with one attached hydrogen (secondary N) is 2. The summed E-state index contributed by atoms with van der Waals surface area (Å²) in [6, 6.07) is 13.5. The Morgan fingerprint density at radius 1 is 1.26 bits per heavy atom. The molecule has 0 aliphatic heterocycles. The highest BCUT2D eigenvalue weighted by molar-refractivity contribution is 5.90. The van der Waals surface area contributed by atoms with Crippen LogP contribution in [0, 0.1) is 5.82 Å². The lowest BCUT2D eigenvalue weighted by molar-refractivity contribution is 0.0834. The molecule has 1 aliphatic rings. The average Bonchev–Trinajstić information content (AvgIpc) is 3.59. The Morgan fingerprint density at radius 3 is 2.71 bits per heavy atom. The summed E-state index contributed by atoms with van der Waals surface area (Å²) in [7, 11) is 1.75. The number of nitrogens with zero attached hydrogens (tertiary/aromatic N) is 5. The first kappa shape index (κ1) is 24.7. The van der Waals surface area contributed by atoms with Crippen molar-refractivity contribution in [3.05, 3.63) is 59.9 Å². The van der Waals surface area contributed by atoms with Crippen molar-refractivity contribution in [1.29, 1.82) is 0 Å². The van der Waals surface area contributed by atoms with Crippen LogP contribution in [-0.2, 0) is 13.5 Å². The van der Waals surface area contributed by atoms with Crippen LogP contribution in [0.1, 0.15) is 31.7 Å². The molecule has 0 unspecified atom stereocenters. The molecule has 10 heteroatoms. The van der Waals surface area contributed by atoms with Gasteiger partial charge in [-0.05, 0) is 79.4 Å². The first-order valence-electron chi connectivity index (χ1n) is 12.0. The molecule has 0 saturated heterocycles. The molecule has 0 spiro atoms. The number of benzene rings is 2. The maximum atomic E-state index is 13.1. The number of carbonyl (C=O) groups is 1. The summed E-state index contributed by atoms with van der Waals surface area (Å²) in [5, 5.41) is 27.9. The molecule has 1 heterocycles. The van der Waals surface area contributed by atoms with E-state index in [1.807, 2.05) is 24.3 Å². The van der Waals surface area contributed by atoms with Crippen LogP contribution in [0.15, 0.2) is 48.5 Å². The van der Waals surface area contributed by atoms with Crippen molar-refractivity contribution in [2.24, 2.45) is 7.05 Å². The van der Waals surface area contributed by atoms with Crippen molar-refractivity contribution >= 4 is 11.7 Å². The molecule has 1 fully saturated rings. The summed E-state index contributed by atoms with van der Waals surface area (Å²) in [5.74, 6) is 0.370. The highest BCUT2D eigenvalue weighted by atomic mass is 19.1. The number of aryl methyl sites for hydroxylation is 2. The predicted molar refractivity (Wildman–Crippen MR) is 131 cm³/mol. The molecule has 35 heavy (non-hydrogen) atoms. The number of amides is 2. The molecule has 1 aromatic heterocycles. The predicted octanol–water partition coefficient (Wildman–Crippen LogP) is 2.98. The van der Waals surface area contributed by atoms with Gasteiger partial charge in [0.2, 0.25) is 0 Å². The van der Waals surface area contributed by atoms with E-state index in [-0.39, 0.29) is 11.8 Å². The molecule has 4 rings (SSSR count). The van der Waals surface area contributed by atoms with Gasteiger partial charge in [-0.15, -0.1) is 5.10 Å². The second-order valence-corrected chi connectivity index (χ2v) is 9.12. The van der Waals surface area contributed by atoms with Crippen molar-refractivity contribution in [2.75, 3.05) is 18.4 Å². The highest BCUT2D eigenvalue weighted by Crippen LogP contribution is 2.27. The lowest BCUT2D eigenvalue weighted by Gasteiger charge is -2.28. The second-order valence-electron chi connectivity index (χ2n) is 9.12. The molecule has 9 nitrogen and oxygen atoms in total. The van der Waals surface area contributed by atoms with Crippen LogP contribution in [0.5, 0.6) is 0 Å². The van der Waals surface area contributed by atoms with Crippen molar-refractivity contribution < 1.29 is 14.3 Å². The number of anilines is 1. The van der Waals surface area contributed by atoms with Gasteiger partial charge < -0.3 is 15.7 Å². The van der Waals surface area contributed by atoms with Crippen LogP contribution < -0.4 is 10.6 Å². The maximum absolute atomic E-state index is 13.1.